The molecular formula is C24H32N4O. The zero-order valence-corrected chi connectivity index (χ0v) is 18.5. The molecule has 154 valence electrons. The fraction of sp³-hybridized carbons (Fsp3) is 0.417. The molecule has 2 aromatic carbocycles. The highest BCUT2D eigenvalue weighted by Gasteiger charge is 2.31. The molecule has 0 aromatic heterocycles. The number of rotatable bonds is 5. The number of benzene rings is 2. The van der Waals surface area contributed by atoms with Crippen LogP contribution in [0.2, 0.25) is 0 Å². The number of para-hydroxylation sites is 1. The lowest BCUT2D eigenvalue weighted by molar-refractivity contribution is 0.479. The van der Waals surface area contributed by atoms with Gasteiger partial charge in [-0.05, 0) is 68.0 Å². The Labute approximate surface area is 174 Å². The van der Waals surface area contributed by atoms with Crippen LogP contribution in [0.1, 0.15) is 71.4 Å². The van der Waals surface area contributed by atoms with Crippen LogP contribution >= 0.6 is 0 Å². The van der Waals surface area contributed by atoms with E-state index in [0.29, 0.717) is 0 Å². The van der Waals surface area contributed by atoms with E-state index in [9.17, 15) is 0 Å². The minimum absolute atomic E-state index is 0.195. The van der Waals surface area contributed by atoms with E-state index in [4.69, 9.17) is 15.7 Å². The fourth-order valence-electron chi connectivity index (χ4n) is 3.37. The molecular weight excluding hydrogens is 360 g/mol. The first-order chi connectivity index (χ1) is 13.6. The molecule has 5 nitrogen and oxygen atoms in total. The van der Waals surface area contributed by atoms with Crippen molar-refractivity contribution in [2.24, 2.45) is 10.7 Å². The first-order valence-corrected chi connectivity index (χ1v) is 9.99. The standard InChI is InChI=1S/C24H32N4O/c1-16(2)20-13-19(29-18-11-9-8-10-12-18)14-21(17(3)4)22(20)28(24(5,6)7)23(26)27-15-25/h8-14,16-17H,1-7H3,(H2,26,27). The molecule has 0 unspecified atom stereocenters. The zero-order chi connectivity index (χ0) is 21.8. The lowest BCUT2D eigenvalue weighted by Gasteiger charge is -2.40. The Balaban J connectivity index is 2.76. The third-order valence-corrected chi connectivity index (χ3v) is 4.65. The van der Waals surface area contributed by atoms with Crippen molar-refractivity contribution >= 4 is 11.6 Å². The van der Waals surface area contributed by atoms with Crippen molar-refractivity contribution in [3.63, 3.8) is 0 Å². The minimum atomic E-state index is -0.362. The number of nitrogens with zero attached hydrogens (tertiary/aromatic N) is 3. The van der Waals surface area contributed by atoms with E-state index in [1.165, 1.54) is 0 Å². The average molecular weight is 393 g/mol. The first-order valence-electron chi connectivity index (χ1n) is 9.99. The van der Waals surface area contributed by atoms with Gasteiger partial charge in [0, 0.05) is 5.54 Å². The van der Waals surface area contributed by atoms with Gasteiger partial charge in [0.05, 0.1) is 5.69 Å². The van der Waals surface area contributed by atoms with E-state index >= 15 is 0 Å². The molecule has 0 amide bonds. The summed E-state index contributed by atoms with van der Waals surface area (Å²) in [6, 6.07) is 13.9. The Morgan fingerprint density at radius 3 is 1.93 bits per heavy atom. The second-order valence-electron chi connectivity index (χ2n) is 8.75. The molecule has 0 fully saturated rings. The van der Waals surface area contributed by atoms with Crippen LogP contribution in [0.4, 0.5) is 5.69 Å². The summed E-state index contributed by atoms with van der Waals surface area (Å²) in [5, 5.41) is 9.10. The van der Waals surface area contributed by atoms with Crippen LogP contribution in [0, 0.1) is 11.5 Å². The number of hydrogen-bond acceptors (Lipinski definition) is 3. The summed E-state index contributed by atoms with van der Waals surface area (Å²) in [5.41, 5.74) is 9.12. The molecule has 2 rings (SSSR count). The molecule has 0 radical (unpaired) electrons. The summed E-state index contributed by atoms with van der Waals surface area (Å²) in [4.78, 5) is 5.82. The van der Waals surface area contributed by atoms with Crippen molar-refractivity contribution in [3.05, 3.63) is 53.6 Å². The molecule has 2 N–H and O–H groups in total. The lowest BCUT2D eigenvalue weighted by Crippen LogP contribution is -2.50. The van der Waals surface area contributed by atoms with E-state index in [0.717, 1.165) is 28.3 Å². The van der Waals surface area contributed by atoms with Gasteiger partial charge in [-0.15, -0.1) is 4.99 Å². The normalized spacial score (nSPS) is 12.2. The number of guanidine groups is 1. The topological polar surface area (TPSA) is 74.6 Å². The molecule has 0 atom stereocenters. The van der Waals surface area contributed by atoms with Crippen LogP contribution in [0.25, 0.3) is 0 Å². The number of nitriles is 1. The molecule has 0 bridgehead atoms. The monoisotopic (exact) mass is 392 g/mol. The lowest BCUT2D eigenvalue weighted by atomic mass is 9.89. The van der Waals surface area contributed by atoms with Crippen molar-refractivity contribution in [1.82, 2.24) is 0 Å². The molecule has 2 aromatic rings. The number of anilines is 1. The molecule has 0 heterocycles. The maximum atomic E-state index is 9.10. The quantitative estimate of drug-likeness (QED) is 0.377. The van der Waals surface area contributed by atoms with Crippen molar-refractivity contribution in [2.45, 2.75) is 65.8 Å². The Morgan fingerprint density at radius 2 is 1.52 bits per heavy atom. The van der Waals surface area contributed by atoms with E-state index < -0.39 is 0 Å². The second-order valence-corrected chi connectivity index (χ2v) is 8.75. The van der Waals surface area contributed by atoms with Crippen LogP contribution in [-0.4, -0.2) is 11.5 Å². The van der Waals surface area contributed by atoms with Gasteiger partial charge < -0.3 is 15.4 Å². The van der Waals surface area contributed by atoms with Gasteiger partial charge in [-0.3, -0.25) is 0 Å². The molecule has 0 aliphatic rings. The van der Waals surface area contributed by atoms with Crippen molar-refractivity contribution < 1.29 is 4.74 Å². The maximum Gasteiger partial charge on any atom is 0.212 e. The number of ether oxygens (including phenoxy) is 1. The number of nitrogens with two attached hydrogens (primary N) is 1. The largest absolute Gasteiger partial charge is 0.457 e. The van der Waals surface area contributed by atoms with Crippen molar-refractivity contribution in [3.8, 4) is 17.7 Å². The van der Waals surface area contributed by atoms with E-state index in [-0.39, 0.29) is 23.3 Å². The van der Waals surface area contributed by atoms with Gasteiger partial charge in [0.25, 0.3) is 0 Å². The van der Waals surface area contributed by atoms with Gasteiger partial charge in [-0.25, -0.2) is 0 Å². The van der Waals surface area contributed by atoms with Gasteiger partial charge in [0.2, 0.25) is 12.2 Å². The van der Waals surface area contributed by atoms with Gasteiger partial charge in [-0.2, -0.15) is 5.26 Å². The van der Waals surface area contributed by atoms with Gasteiger partial charge in [0.15, 0.2) is 0 Å². The summed E-state index contributed by atoms with van der Waals surface area (Å²) < 4.78 is 6.16. The predicted molar refractivity (Wildman–Crippen MR) is 121 cm³/mol. The molecule has 0 saturated heterocycles. The third kappa shape index (κ3) is 5.29. The minimum Gasteiger partial charge on any atom is -0.457 e. The molecule has 0 aliphatic heterocycles. The van der Waals surface area contributed by atoms with E-state index in [1.807, 2.05) is 41.4 Å². The van der Waals surface area contributed by atoms with Crippen molar-refractivity contribution in [2.75, 3.05) is 4.90 Å². The summed E-state index contributed by atoms with van der Waals surface area (Å²) in [7, 11) is 0. The Morgan fingerprint density at radius 1 is 1.00 bits per heavy atom. The molecule has 5 heteroatoms. The van der Waals surface area contributed by atoms with E-state index in [2.05, 4.69) is 65.6 Å². The molecule has 0 spiro atoms. The second kappa shape index (κ2) is 9.00. The average Bonchev–Trinajstić information content (AvgIpc) is 2.62. The van der Waals surface area contributed by atoms with Crippen LogP contribution in [-0.2, 0) is 0 Å². The zero-order valence-electron chi connectivity index (χ0n) is 18.5. The van der Waals surface area contributed by atoms with Crippen molar-refractivity contribution in [1.29, 1.82) is 5.26 Å². The fourth-order valence-corrected chi connectivity index (χ4v) is 3.37. The smallest absolute Gasteiger partial charge is 0.212 e. The Bertz CT molecular complexity index is 874. The summed E-state index contributed by atoms with van der Waals surface area (Å²) in [6.45, 7) is 14.8. The highest BCUT2D eigenvalue weighted by molar-refractivity contribution is 5.98. The number of aliphatic imine (C=N–C) groups is 1. The van der Waals surface area contributed by atoms with Gasteiger partial charge in [0.1, 0.15) is 11.5 Å². The maximum absolute atomic E-state index is 9.10. The SMILES string of the molecule is CC(C)c1cc(Oc2ccccc2)cc(C(C)C)c1N(C(N)=NC#N)C(C)(C)C. The van der Waals surface area contributed by atoms with Crippen LogP contribution < -0.4 is 15.4 Å². The molecule has 29 heavy (non-hydrogen) atoms. The van der Waals surface area contributed by atoms with E-state index in [1.54, 1.807) is 0 Å². The van der Waals surface area contributed by atoms with Gasteiger partial charge in [-0.1, -0.05) is 45.9 Å². The van der Waals surface area contributed by atoms with Crippen LogP contribution in [0.15, 0.2) is 47.5 Å². The van der Waals surface area contributed by atoms with Crippen LogP contribution in [0.5, 0.6) is 11.5 Å². The summed E-state index contributed by atoms with van der Waals surface area (Å²) >= 11 is 0. The predicted octanol–water partition coefficient (Wildman–Crippen LogP) is 6.13. The molecule has 0 aliphatic carbocycles. The Hall–Kier alpha value is -3.00. The third-order valence-electron chi connectivity index (χ3n) is 4.65. The highest BCUT2D eigenvalue weighted by atomic mass is 16.5. The summed E-state index contributed by atoms with van der Waals surface area (Å²) in [6.07, 6.45) is 1.83. The Kier molecular flexibility index (Phi) is 6.92. The highest BCUT2D eigenvalue weighted by Crippen LogP contribution is 2.42. The van der Waals surface area contributed by atoms with Gasteiger partial charge >= 0.3 is 0 Å². The summed E-state index contributed by atoms with van der Waals surface area (Å²) in [5.74, 6) is 2.23. The first kappa shape index (κ1) is 22.3. The molecule has 0 saturated carbocycles. The van der Waals surface area contributed by atoms with Crippen LogP contribution in [0.3, 0.4) is 0 Å². The number of hydrogen-bond donors (Lipinski definition) is 1.